The fourth-order valence-corrected chi connectivity index (χ4v) is 3.69. The molecule has 180 valence electrons. The minimum atomic E-state index is -1.11. The zero-order valence-corrected chi connectivity index (χ0v) is 19.3. The zero-order chi connectivity index (χ0) is 24.5. The van der Waals surface area contributed by atoms with E-state index in [2.05, 4.69) is 15.0 Å². The summed E-state index contributed by atoms with van der Waals surface area (Å²) in [5.41, 5.74) is 1.31. The van der Waals surface area contributed by atoms with E-state index < -0.39 is 24.0 Å². The van der Waals surface area contributed by atoms with Crippen LogP contribution in [0.1, 0.15) is 5.56 Å². The smallest absolute Gasteiger partial charge is 0.349 e. The molecule has 0 saturated carbocycles. The fourth-order valence-electron chi connectivity index (χ4n) is 3.29. The summed E-state index contributed by atoms with van der Waals surface area (Å²) >= 11 is 11.9. The van der Waals surface area contributed by atoms with Crippen molar-refractivity contribution >= 4 is 39.9 Å². The van der Waals surface area contributed by atoms with Crippen LogP contribution < -0.4 is 16.1 Å². The molecular weight excluding hydrogens is 477 g/mol. The molecule has 13 heteroatoms. The average Bonchev–Trinajstić information content (AvgIpc) is 2.79. The van der Waals surface area contributed by atoms with E-state index in [1.807, 2.05) is 24.0 Å². The highest BCUT2D eigenvalue weighted by atomic mass is 35.5. The summed E-state index contributed by atoms with van der Waals surface area (Å²) in [6.45, 7) is 2.49. The lowest BCUT2D eigenvalue weighted by Crippen LogP contribution is -2.31. The second kappa shape index (κ2) is 12.4. The maximum absolute atomic E-state index is 12.3. The SMILES string of the molecule is Cc1cc2nc3c(=O)[nH]c(=O)nc-3n(CC(O)CO)c2cc1N(CCCl)CCCl.O/C=C/O. The highest BCUT2D eigenvalue weighted by Crippen LogP contribution is 2.29. The lowest BCUT2D eigenvalue weighted by Gasteiger charge is -2.26. The van der Waals surface area contributed by atoms with E-state index in [-0.39, 0.29) is 18.1 Å². The van der Waals surface area contributed by atoms with Gasteiger partial charge in [0.25, 0.3) is 5.56 Å². The van der Waals surface area contributed by atoms with E-state index in [0.717, 1.165) is 11.3 Å². The van der Waals surface area contributed by atoms with E-state index in [9.17, 15) is 19.8 Å². The minimum absolute atomic E-state index is 0.0206. The molecule has 0 bridgehead atoms. The molecule has 3 rings (SSSR count). The number of aliphatic hydroxyl groups is 4. The number of alkyl halides is 2. The number of nitrogens with zero attached hydrogens (tertiary/aromatic N) is 4. The number of hydrogen-bond acceptors (Lipinski definition) is 9. The summed E-state index contributed by atoms with van der Waals surface area (Å²) in [5.74, 6) is 0.850. The Morgan fingerprint density at radius 1 is 1.15 bits per heavy atom. The van der Waals surface area contributed by atoms with Crippen molar-refractivity contribution < 1.29 is 20.4 Å². The summed E-state index contributed by atoms with van der Waals surface area (Å²) in [6, 6.07) is 3.65. The number of fused-ring (bicyclic) bond motifs is 2. The number of anilines is 1. The second-order valence-corrected chi connectivity index (χ2v) is 7.65. The van der Waals surface area contributed by atoms with Crippen LogP contribution in [0.2, 0.25) is 0 Å². The van der Waals surface area contributed by atoms with Gasteiger partial charge in [0.1, 0.15) is 12.5 Å². The Morgan fingerprint density at radius 3 is 2.33 bits per heavy atom. The highest BCUT2D eigenvalue weighted by Gasteiger charge is 2.22. The normalized spacial score (nSPS) is 12.2. The van der Waals surface area contributed by atoms with E-state index in [0.29, 0.717) is 48.4 Å². The van der Waals surface area contributed by atoms with Gasteiger partial charge in [0.15, 0.2) is 11.5 Å². The zero-order valence-electron chi connectivity index (χ0n) is 17.8. The highest BCUT2D eigenvalue weighted by molar-refractivity contribution is 6.18. The van der Waals surface area contributed by atoms with Crippen LogP contribution in [-0.4, -0.2) is 77.5 Å². The molecule has 2 aliphatic rings. The molecule has 0 radical (unpaired) electrons. The van der Waals surface area contributed by atoms with Gasteiger partial charge >= 0.3 is 5.69 Å². The van der Waals surface area contributed by atoms with Crippen LogP contribution in [-0.2, 0) is 6.54 Å². The molecule has 2 aliphatic heterocycles. The molecule has 1 aromatic carbocycles. The Labute approximate surface area is 198 Å². The fraction of sp³-hybridized carbons (Fsp3) is 0.400. The van der Waals surface area contributed by atoms with Crippen molar-refractivity contribution in [3.05, 3.63) is 51.1 Å². The standard InChI is InChI=1S/C18H21Cl2N5O4.C2H4O2/c1-10-6-12-14(7-13(10)24(4-2-19)5-3-20)25(8-11(27)9-26)16-15(21-12)17(28)23-18(29)22-16;3-1-2-4/h6-7,11,26-27H,2-5,8-9H2,1H3,(H,23,28,29);1-4H/b;2-1+. The van der Waals surface area contributed by atoms with Gasteiger partial charge in [0, 0.05) is 30.5 Å². The van der Waals surface area contributed by atoms with Crippen LogP contribution in [0.3, 0.4) is 0 Å². The predicted octanol–water partition coefficient (Wildman–Crippen LogP) is 1.10. The average molecular weight is 502 g/mol. The van der Waals surface area contributed by atoms with Gasteiger partial charge in [-0.15, -0.1) is 23.2 Å². The monoisotopic (exact) mass is 501 g/mol. The topological polar surface area (TPSA) is 165 Å². The molecule has 1 atom stereocenters. The van der Waals surface area contributed by atoms with Crippen LogP contribution >= 0.6 is 23.2 Å². The van der Waals surface area contributed by atoms with E-state index in [1.54, 1.807) is 0 Å². The lowest BCUT2D eigenvalue weighted by molar-refractivity contribution is 0.0822. The van der Waals surface area contributed by atoms with Crippen LogP contribution in [0.15, 0.2) is 34.2 Å². The Morgan fingerprint density at radius 2 is 1.79 bits per heavy atom. The molecule has 0 amide bonds. The molecule has 0 spiro atoms. The van der Waals surface area contributed by atoms with Crippen LogP contribution in [0.25, 0.3) is 22.6 Å². The van der Waals surface area contributed by atoms with Crippen molar-refractivity contribution in [1.82, 2.24) is 19.5 Å². The largest absolute Gasteiger partial charge is 0.512 e. The third-order valence-electron chi connectivity index (χ3n) is 4.65. The molecular formula is C20H25Cl2N5O6. The van der Waals surface area contributed by atoms with Crippen LogP contribution in [0.4, 0.5) is 5.69 Å². The van der Waals surface area contributed by atoms with Crippen molar-refractivity contribution in [2.75, 3.05) is 36.4 Å². The van der Waals surface area contributed by atoms with Crippen LogP contribution in [0.5, 0.6) is 0 Å². The number of benzene rings is 1. The molecule has 1 unspecified atom stereocenters. The molecule has 2 heterocycles. The molecule has 33 heavy (non-hydrogen) atoms. The molecule has 11 nitrogen and oxygen atoms in total. The van der Waals surface area contributed by atoms with Crippen molar-refractivity contribution in [1.29, 1.82) is 0 Å². The number of halogens is 2. The number of H-pyrrole nitrogens is 1. The first kappa shape index (κ1) is 26.4. The summed E-state index contributed by atoms with van der Waals surface area (Å²) in [4.78, 5) is 36.4. The molecule has 0 fully saturated rings. The number of aromatic amines is 1. The third-order valence-corrected chi connectivity index (χ3v) is 4.98. The van der Waals surface area contributed by atoms with E-state index in [1.165, 1.54) is 4.57 Å². The number of aromatic nitrogens is 4. The lowest BCUT2D eigenvalue weighted by atomic mass is 10.1. The van der Waals surface area contributed by atoms with Gasteiger partial charge in [-0.25, -0.2) is 9.78 Å². The van der Waals surface area contributed by atoms with Gasteiger partial charge < -0.3 is 29.9 Å². The van der Waals surface area contributed by atoms with Gasteiger partial charge in [-0.05, 0) is 24.6 Å². The summed E-state index contributed by atoms with van der Waals surface area (Å²) in [6.07, 6.45) is -0.00321. The second-order valence-electron chi connectivity index (χ2n) is 6.89. The Balaban J connectivity index is 0.000000890. The Bertz CT molecular complexity index is 1170. The minimum Gasteiger partial charge on any atom is -0.512 e. The Kier molecular flexibility index (Phi) is 9.92. The number of nitrogens with one attached hydrogen (secondary N) is 1. The quantitative estimate of drug-likeness (QED) is 0.172. The van der Waals surface area contributed by atoms with Crippen molar-refractivity contribution in [2.45, 2.75) is 19.6 Å². The number of aliphatic hydroxyl groups excluding tert-OH is 4. The molecule has 5 N–H and O–H groups in total. The predicted molar refractivity (Wildman–Crippen MR) is 127 cm³/mol. The summed E-state index contributed by atoms with van der Waals surface area (Å²) < 4.78 is 1.53. The first-order chi connectivity index (χ1) is 15.8. The van der Waals surface area contributed by atoms with Crippen molar-refractivity contribution in [3.63, 3.8) is 0 Å². The van der Waals surface area contributed by atoms with E-state index >= 15 is 0 Å². The molecule has 0 aliphatic carbocycles. The summed E-state index contributed by atoms with van der Waals surface area (Å²) in [5, 5.41) is 34.2. The Hall–Kier alpha value is -2.86. The first-order valence-electron chi connectivity index (χ1n) is 9.85. The molecule has 0 aromatic heterocycles. The molecule has 1 aromatic rings. The number of hydrogen-bond donors (Lipinski definition) is 5. The van der Waals surface area contributed by atoms with Gasteiger partial charge in [0.2, 0.25) is 0 Å². The first-order valence-corrected chi connectivity index (χ1v) is 10.9. The third kappa shape index (κ3) is 6.35. The molecule has 0 saturated heterocycles. The maximum Gasteiger partial charge on any atom is 0.349 e. The van der Waals surface area contributed by atoms with Gasteiger partial charge in [0.05, 0.1) is 30.3 Å². The van der Waals surface area contributed by atoms with E-state index in [4.69, 9.17) is 33.4 Å². The van der Waals surface area contributed by atoms with Gasteiger partial charge in [-0.2, -0.15) is 4.98 Å². The number of rotatable bonds is 8. The van der Waals surface area contributed by atoms with Gasteiger partial charge in [-0.3, -0.25) is 9.78 Å². The van der Waals surface area contributed by atoms with Gasteiger partial charge in [-0.1, -0.05) is 0 Å². The van der Waals surface area contributed by atoms with Crippen LogP contribution in [0, 0.1) is 6.92 Å². The van der Waals surface area contributed by atoms with Crippen molar-refractivity contribution in [3.8, 4) is 11.5 Å². The maximum atomic E-state index is 12.3. The summed E-state index contributed by atoms with van der Waals surface area (Å²) in [7, 11) is 0. The number of aryl methyl sites for hydroxylation is 1. The van der Waals surface area contributed by atoms with Crippen molar-refractivity contribution in [2.24, 2.45) is 0 Å².